The van der Waals surface area contributed by atoms with E-state index in [0.29, 0.717) is 5.41 Å². The van der Waals surface area contributed by atoms with Crippen molar-refractivity contribution in [2.24, 2.45) is 5.41 Å². The van der Waals surface area contributed by atoms with Crippen LogP contribution < -0.4 is 5.32 Å². The second-order valence-electron chi connectivity index (χ2n) is 7.29. The lowest BCUT2D eigenvalue weighted by molar-refractivity contribution is 0.129. The maximum absolute atomic E-state index is 3.85. The number of nitrogens with zero attached hydrogens (tertiary/aromatic N) is 1. The highest BCUT2D eigenvalue weighted by atomic mass is 15.1. The molecule has 2 saturated carbocycles. The molecule has 0 unspecified atom stereocenters. The van der Waals surface area contributed by atoms with Crippen molar-refractivity contribution in [3.63, 3.8) is 0 Å². The monoisotopic (exact) mass is 280 g/mol. The predicted molar refractivity (Wildman–Crippen MR) is 88.2 cm³/mol. The van der Waals surface area contributed by atoms with Gasteiger partial charge in [0.1, 0.15) is 0 Å². The lowest BCUT2D eigenvalue weighted by Crippen LogP contribution is -2.45. The molecule has 20 heavy (non-hydrogen) atoms. The van der Waals surface area contributed by atoms with Crippen LogP contribution in [0.15, 0.2) is 0 Å². The summed E-state index contributed by atoms with van der Waals surface area (Å²) < 4.78 is 0. The van der Waals surface area contributed by atoms with Crippen molar-refractivity contribution in [1.29, 1.82) is 0 Å². The molecule has 0 aromatic heterocycles. The highest BCUT2D eigenvalue weighted by Gasteiger charge is 2.34. The molecule has 0 amide bonds. The first-order valence-corrected chi connectivity index (χ1v) is 9.24. The third-order valence-corrected chi connectivity index (χ3v) is 5.34. The van der Waals surface area contributed by atoms with E-state index in [1.807, 2.05) is 0 Å². The fourth-order valence-electron chi connectivity index (χ4n) is 3.72. The average Bonchev–Trinajstić information content (AvgIpc) is 3.29. The molecular weight excluding hydrogens is 244 g/mol. The molecule has 2 rings (SSSR count). The normalized spacial score (nSPS) is 22.9. The molecule has 2 aliphatic rings. The first-order valence-electron chi connectivity index (χ1n) is 9.24. The van der Waals surface area contributed by atoms with E-state index in [9.17, 15) is 0 Å². The van der Waals surface area contributed by atoms with Gasteiger partial charge in [0.05, 0.1) is 0 Å². The van der Waals surface area contributed by atoms with Crippen LogP contribution in [0, 0.1) is 5.41 Å². The molecule has 0 spiro atoms. The van der Waals surface area contributed by atoms with Gasteiger partial charge in [0, 0.05) is 19.1 Å². The maximum Gasteiger partial charge on any atom is 0.00684 e. The SMILES string of the molecule is CCCCN(CC)CC1(CNC2CC2)CCCCCC1. The molecule has 0 aromatic rings. The molecule has 118 valence electrons. The van der Waals surface area contributed by atoms with Crippen molar-refractivity contribution in [3.05, 3.63) is 0 Å². The number of nitrogens with one attached hydrogen (secondary N) is 1. The Morgan fingerprint density at radius 2 is 1.75 bits per heavy atom. The van der Waals surface area contributed by atoms with Crippen molar-refractivity contribution in [3.8, 4) is 0 Å². The quantitative estimate of drug-likeness (QED) is 0.637. The number of hydrogen-bond donors (Lipinski definition) is 1. The smallest absolute Gasteiger partial charge is 0.00684 e. The second kappa shape index (κ2) is 8.38. The van der Waals surface area contributed by atoms with Crippen LogP contribution in [-0.4, -0.2) is 37.1 Å². The van der Waals surface area contributed by atoms with Crippen LogP contribution >= 0.6 is 0 Å². The summed E-state index contributed by atoms with van der Waals surface area (Å²) in [6.07, 6.45) is 14.3. The minimum Gasteiger partial charge on any atom is -0.313 e. The molecule has 1 N–H and O–H groups in total. The highest BCUT2D eigenvalue weighted by Crippen LogP contribution is 2.36. The van der Waals surface area contributed by atoms with Gasteiger partial charge in [0.2, 0.25) is 0 Å². The largest absolute Gasteiger partial charge is 0.313 e. The lowest BCUT2D eigenvalue weighted by atomic mass is 9.79. The summed E-state index contributed by atoms with van der Waals surface area (Å²) in [4.78, 5) is 2.73. The molecule has 0 heterocycles. The van der Waals surface area contributed by atoms with Gasteiger partial charge in [0.25, 0.3) is 0 Å². The molecule has 2 heteroatoms. The molecule has 0 bridgehead atoms. The fourth-order valence-corrected chi connectivity index (χ4v) is 3.72. The molecule has 0 aromatic carbocycles. The lowest BCUT2D eigenvalue weighted by Gasteiger charge is -2.38. The van der Waals surface area contributed by atoms with Crippen LogP contribution in [0.1, 0.15) is 78.1 Å². The zero-order valence-electron chi connectivity index (χ0n) is 13.9. The minimum atomic E-state index is 0.572. The molecule has 0 radical (unpaired) electrons. The van der Waals surface area contributed by atoms with Gasteiger partial charge in [-0.15, -0.1) is 0 Å². The Kier molecular flexibility index (Phi) is 6.83. The van der Waals surface area contributed by atoms with Crippen molar-refractivity contribution in [2.45, 2.75) is 84.1 Å². The Bertz CT molecular complexity index is 252. The fraction of sp³-hybridized carbons (Fsp3) is 1.00. The molecule has 0 atom stereocenters. The minimum absolute atomic E-state index is 0.572. The van der Waals surface area contributed by atoms with Crippen molar-refractivity contribution < 1.29 is 0 Å². The average molecular weight is 280 g/mol. The van der Waals surface area contributed by atoms with Crippen LogP contribution in [-0.2, 0) is 0 Å². The van der Waals surface area contributed by atoms with E-state index in [0.717, 1.165) is 6.04 Å². The summed E-state index contributed by atoms with van der Waals surface area (Å²) in [6, 6.07) is 0.862. The van der Waals surface area contributed by atoms with Gasteiger partial charge in [-0.25, -0.2) is 0 Å². The van der Waals surface area contributed by atoms with Gasteiger partial charge in [0.15, 0.2) is 0 Å². The van der Waals surface area contributed by atoms with E-state index in [4.69, 9.17) is 0 Å². The van der Waals surface area contributed by atoms with Crippen LogP contribution in [0.2, 0.25) is 0 Å². The Balaban J connectivity index is 1.91. The molecule has 2 fully saturated rings. The summed E-state index contributed by atoms with van der Waals surface area (Å²) >= 11 is 0. The van der Waals surface area contributed by atoms with Gasteiger partial charge in [-0.05, 0) is 50.6 Å². The Morgan fingerprint density at radius 1 is 1.05 bits per heavy atom. The zero-order chi connectivity index (χ0) is 14.3. The standard InChI is InChI=1S/C18H36N2/c1-3-5-14-20(4-2)16-18(15-19-17-10-11-17)12-8-6-7-9-13-18/h17,19H,3-16H2,1-2H3. The molecule has 2 aliphatic carbocycles. The van der Waals surface area contributed by atoms with E-state index in [-0.39, 0.29) is 0 Å². The van der Waals surface area contributed by atoms with E-state index in [1.54, 1.807) is 0 Å². The zero-order valence-corrected chi connectivity index (χ0v) is 13.9. The molecule has 2 nitrogen and oxygen atoms in total. The summed E-state index contributed by atoms with van der Waals surface area (Å²) in [6.45, 7) is 9.80. The van der Waals surface area contributed by atoms with Gasteiger partial charge in [-0.1, -0.05) is 46.0 Å². The second-order valence-corrected chi connectivity index (χ2v) is 7.29. The highest BCUT2D eigenvalue weighted by molar-refractivity contribution is 4.90. The third-order valence-electron chi connectivity index (χ3n) is 5.34. The van der Waals surface area contributed by atoms with Gasteiger partial charge < -0.3 is 10.2 Å². The van der Waals surface area contributed by atoms with Crippen LogP contribution in [0.3, 0.4) is 0 Å². The van der Waals surface area contributed by atoms with E-state index >= 15 is 0 Å². The van der Waals surface area contributed by atoms with Gasteiger partial charge in [-0.2, -0.15) is 0 Å². The predicted octanol–water partition coefficient (Wildman–Crippen LogP) is 4.20. The Morgan fingerprint density at radius 3 is 2.30 bits per heavy atom. The summed E-state index contributed by atoms with van der Waals surface area (Å²) in [7, 11) is 0. The third kappa shape index (κ3) is 5.37. The maximum atomic E-state index is 3.85. The van der Waals surface area contributed by atoms with Gasteiger partial charge in [-0.3, -0.25) is 0 Å². The van der Waals surface area contributed by atoms with Crippen LogP contribution in [0.25, 0.3) is 0 Å². The molecule has 0 saturated heterocycles. The number of hydrogen-bond acceptors (Lipinski definition) is 2. The van der Waals surface area contributed by atoms with Crippen molar-refractivity contribution >= 4 is 0 Å². The summed E-state index contributed by atoms with van der Waals surface area (Å²) in [5, 5.41) is 3.85. The van der Waals surface area contributed by atoms with E-state index in [2.05, 4.69) is 24.1 Å². The van der Waals surface area contributed by atoms with E-state index < -0.39 is 0 Å². The molecular formula is C18H36N2. The topological polar surface area (TPSA) is 15.3 Å². The first kappa shape index (κ1) is 16.3. The van der Waals surface area contributed by atoms with E-state index in [1.165, 1.54) is 90.4 Å². The van der Waals surface area contributed by atoms with Crippen LogP contribution in [0.4, 0.5) is 0 Å². The van der Waals surface area contributed by atoms with Gasteiger partial charge >= 0.3 is 0 Å². The number of unbranched alkanes of at least 4 members (excludes halogenated alkanes) is 1. The first-order chi connectivity index (χ1) is 9.78. The molecule has 0 aliphatic heterocycles. The summed E-state index contributed by atoms with van der Waals surface area (Å²) in [5.74, 6) is 0. The Hall–Kier alpha value is -0.0800. The summed E-state index contributed by atoms with van der Waals surface area (Å²) in [5.41, 5.74) is 0.572. The Labute approximate surface area is 126 Å². The van der Waals surface area contributed by atoms with Crippen LogP contribution in [0.5, 0.6) is 0 Å². The number of rotatable bonds is 9. The van der Waals surface area contributed by atoms with Crippen molar-refractivity contribution in [2.75, 3.05) is 26.2 Å². The van der Waals surface area contributed by atoms with Crippen molar-refractivity contribution in [1.82, 2.24) is 10.2 Å².